The molecule has 1 unspecified atom stereocenters. The summed E-state index contributed by atoms with van der Waals surface area (Å²) in [5.74, 6) is -1.37. The zero-order chi connectivity index (χ0) is 19.0. The first kappa shape index (κ1) is 17.2. The molecular weight excluding hydrogens is 358 g/mol. The maximum atomic E-state index is 13.1. The molecule has 4 nitrogen and oxygen atoms in total. The summed E-state index contributed by atoms with van der Waals surface area (Å²) in [4.78, 5) is 28.0. The van der Waals surface area contributed by atoms with Gasteiger partial charge < -0.3 is 5.11 Å². The number of aryl methyl sites for hydroxylation is 1. The average molecular weight is 375 g/mol. The normalized spacial score (nSPS) is 16.9. The van der Waals surface area contributed by atoms with Gasteiger partial charge in [0, 0.05) is 5.69 Å². The highest BCUT2D eigenvalue weighted by Gasteiger charge is 2.44. The largest absolute Gasteiger partial charge is 0.503 e. The Bertz CT molecular complexity index is 1020. The standard InChI is InChI=1S/C22H17NO3S/c1-14-9-11-15(12-10-14)19-18(20(24)17-8-5-13-27-17)21(25)22(26)23(19)16-6-3-2-4-7-16/h2-13,19,25H,1H3. The second-order valence-corrected chi connectivity index (χ2v) is 7.34. The van der Waals surface area contributed by atoms with Crippen LogP contribution in [0.15, 0.2) is 83.4 Å². The number of ketones is 1. The van der Waals surface area contributed by atoms with Gasteiger partial charge in [0.25, 0.3) is 5.91 Å². The first-order valence-electron chi connectivity index (χ1n) is 8.54. The topological polar surface area (TPSA) is 57.6 Å². The summed E-state index contributed by atoms with van der Waals surface area (Å²) in [5.41, 5.74) is 2.61. The highest BCUT2D eigenvalue weighted by molar-refractivity contribution is 7.12. The van der Waals surface area contributed by atoms with E-state index in [1.165, 1.54) is 16.2 Å². The number of rotatable bonds is 4. The predicted molar refractivity (Wildman–Crippen MR) is 106 cm³/mol. The van der Waals surface area contributed by atoms with Gasteiger partial charge in [-0.3, -0.25) is 14.5 Å². The van der Waals surface area contributed by atoms with Gasteiger partial charge >= 0.3 is 0 Å². The molecule has 2 heterocycles. The fraction of sp³-hybridized carbons (Fsp3) is 0.0909. The molecule has 1 aliphatic heterocycles. The molecule has 0 bridgehead atoms. The number of aliphatic hydroxyl groups is 1. The van der Waals surface area contributed by atoms with Gasteiger partial charge in [-0.2, -0.15) is 0 Å². The number of carbonyl (C=O) groups excluding carboxylic acids is 2. The summed E-state index contributed by atoms with van der Waals surface area (Å²) < 4.78 is 0. The van der Waals surface area contributed by atoms with Crippen molar-refractivity contribution in [2.75, 3.05) is 4.90 Å². The monoisotopic (exact) mass is 375 g/mol. The summed E-state index contributed by atoms with van der Waals surface area (Å²) in [5, 5.41) is 12.4. The lowest BCUT2D eigenvalue weighted by Crippen LogP contribution is -2.30. The van der Waals surface area contributed by atoms with Crippen LogP contribution in [0.25, 0.3) is 0 Å². The number of thiophene rings is 1. The summed E-state index contributed by atoms with van der Waals surface area (Å²) in [7, 11) is 0. The Hall–Kier alpha value is -3.18. The number of hydrogen-bond acceptors (Lipinski definition) is 4. The molecule has 2 aromatic carbocycles. The number of benzene rings is 2. The zero-order valence-corrected chi connectivity index (χ0v) is 15.4. The van der Waals surface area contributed by atoms with Crippen LogP contribution in [-0.2, 0) is 4.79 Å². The van der Waals surface area contributed by atoms with Crippen molar-refractivity contribution in [2.45, 2.75) is 13.0 Å². The minimum atomic E-state index is -0.671. The fourth-order valence-corrected chi connectivity index (χ4v) is 3.97. The number of carbonyl (C=O) groups is 2. The van der Waals surface area contributed by atoms with Crippen LogP contribution in [-0.4, -0.2) is 16.8 Å². The van der Waals surface area contributed by atoms with Gasteiger partial charge in [0.2, 0.25) is 5.78 Å². The van der Waals surface area contributed by atoms with E-state index in [0.29, 0.717) is 10.6 Å². The van der Waals surface area contributed by atoms with Crippen LogP contribution in [0.4, 0.5) is 5.69 Å². The molecule has 0 saturated heterocycles. The molecule has 1 N–H and O–H groups in total. The molecule has 3 aromatic rings. The average Bonchev–Trinajstić information content (AvgIpc) is 3.31. The van der Waals surface area contributed by atoms with E-state index < -0.39 is 17.7 Å². The SMILES string of the molecule is Cc1ccc(C2C(C(=O)c3cccs3)=C(O)C(=O)N2c2ccccc2)cc1. The van der Waals surface area contributed by atoms with E-state index in [0.717, 1.165) is 11.1 Å². The minimum absolute atomic E-state index is 0.121. The quantitative estimate of drug-likeness (QED) is 0.664. The molecule has 0 fully saturated rings. The van der Waals surface area contributed by atoms with Gasteiger partial charge in [-0.15, -0.1) is 11.3 Å². The molecule has 1 atom stereocenters. The molecule has 0 aliphatic carbocycles. The van der Waals surface area contributed by atoms with Crippen LogP contribution in [0.2, 0.25) is 0 Å². The van der Waals surface area contributed by atoms with Gasteiger partial charge in [-0.25, -0.2) is 0 Å². The Morgan fingerprint density at radius 3 is 2.33 bits per heavy atom. The highest BCUT2D eigenvalue weighted by atomic mass is 32.1. The Kier molecular flexibility index (Phi) is 4.38. The highest BCUT2D eigenvalue weighted by Crippen LogP contribution is 2.42. The molecule has 1 amide bonds. The van der Waals surface area contributed by atoms with Gasteiger partial charge in [0.05, 0.1) is 16.5 Å². The van der Waals surface area contributed by atoms with Crippen molar-refractivity contribution >= 4 is 28.7 Å². The summed E-state index contributed by atoms with van der Waals surface area (Å²) >= 11 is 1.29. The molecule has 27 heavy (non-hydrogen) atoms. The van der Waals surface area contributed by atoms with Crippen LogP contribution in [0.3, 0.4) is 0 Å². The third-order valence-corrected chi connectivity index (χ3v) is 5.49. The minimum Gasteiger partial charge on any atom is -0.503 e. The molecule has 1 aromatic heterocycles. The maximum Gasteiger partial charge on any atom is 0.294 e. The van der Waals surface area contributed by atoms with Gasteiger partial charge in [-0.1, -0.05) is 54.1 Å². The third kappa shape index (κ3) is 2.96. The summed E-state index contributed by atoms with van der Waals surface area (Å²) in [6, 6.07) is 19.6. The number of hydrogen-bond donors (Lipinski definition) is 1. The number of anilines is 1. The van der Waals surface area contributed by atoms with Gasteiger partial charge in [0.15, 0.2) is 5.76 Å². The summed E-state index contributed by atoms with van der Waals surface area (Å²) in [6.45, 7) is 1.98. The molecule has 0 saturated carbocycles. The Labute approximate surface area is 161 Å². The first-order chi connectivity index (χ1) is 13.1. The molecule has 0 spiro atoms. The van der Waals surface area contributed by atoms with Crippen molar-refractivity contribution in [1.29, 1.82) is 0 Å². The van der Waals surface area contributed by atoms with E-state index in [4.69, 9.17) is 0 Å². The summed E-state index contributed by atoms with van der Waals surface area (Å²) in [6.07, 6.45) is 0. The molecule has 5 heteroatoms. The van der Waals surface area contributed by atoms with Crippen molar-refractivity contribution in [2.24, 2.45) is 0 Å². The fourth-order valence-electron chi connectivity index (χ4n) is 3.30. The van der Waals surface area contributed by atoms with Crippen molar-refractivity contribution in [3.63, 3.8) is 0 Å². The lowest BCUT2D eigenvalue weighted by Gasteiger charge is -2.27. The molecule has 134 valence electrons. The number of aliphatic hydroxyl groups excluding tert-OH is 1. The second kappa shape index (κ2) is 6.85. The van der Waals surface area contributed by atoms with Crippen LogP contribution in [0.1, 0.15) is 26.8 Å². The number of amides is 1. The van der Waals surface area contributed by atoms with Gasteiger partial charge in [0.1, 0.15) is 0 Å². The number of Topliss-reactive ketones (excluding diaryl/α,β-unsaturated/α-hetero) is 1. The van der Waals surface area contributed by atoms with E-state index in [1.54, 1.807) is 29.6 Å². The van der Waals surface area contributed by atoms with Crippen LogP contribution in [0, 0.1) is 6.92 Å². The van der Waals surface area contributed by atoms with Crippen molar-refractivity contribution in [3.8, 4) is 0 Å². The Morgan fingerprint density at radius 2 is 1.70 bits per heavy atom. The third-order valence-electron chi connectivity index (χ3n) is 4.63. The second-order valence-electron chi connectivity index (χ2n) is 6.39. The van der Waals surface area contributed by atoms with E-state index in [-0.39, 0.29) is 11.4 Å². The first-order valence-corrected chi connectivity index (χ1v) is 9.42. The number of nitrogens with zero attached hydrogens (tertiary/aromatic N) is 1. The molecular formula is C22H17NO3S. The van der Waals surface area contributed by atoms with Crippen molar-refractivity contribution in [1.82, 2.24) is 0 Å². The lowest BCUT2D eigenvalue weighted by molar-refractivity contribution is -0.117. The van der Waals surface area contributed by atoms with Crippen LogP contribution < -0.4 is 4.90 Å². The van der Waals surface area contributed by atoms with E-state index in [1.807, 2.05) is 49.4 Å². The van der Waals surface area contributed by atoms with E-state index >= 15 is 0 Å². The number of para-hydroxylation sites is 1. The molecule has 4 rings (SSSR count). The smallest absolute Gasteiger partial charge is 0.294 e. The molecule has 0 radical (unpaired) electrons. The van der Waals surface area contributed by atoms with Crippen LogP contribution in [0.5, 0.6) is 0 Å². The van der Waals surface area contributed by atoms with E-state index in [2.05, 4.69) is 0 Å². The predicted octanol–water partition coefficient (Wildman–Crippen LogP) is 4.84. The molecule has 1 aliphatic rings. The van der Waals surface area contributed by atoms with Crippen molar-refractivity contribution < 1.29 is 14.7 Å². The lowest BCUT2D eigenvalue weighted by atomic mass is 9.94. The van der Waals surface area contributed by atoms with E-state index in [9.17, 15) is 14.7 Å². The Morgan fingerprint density at radius 1 is 1.00 bits per heavy atom. The van der Waals surface area contributed by atoms with Crippen LogP contribution >= 0.6 is 11.3 Å². The van der Waals surface area contributed by atoms with Crippen molar-refractivity contribution in [3.05, 3.63) is 99.4 Å². The van der Waals surface area contributed by atoms with Gasteiger partial charge in [-0.05, 0) is 36.1 Å². The Balaban J connectivity index is 1.88. The maximum absolute atomic E-state index is 13.1. The zero-order valence-electron chi connectivity index (χ0n) is 14.6.